The lowest BCUT2D eigenvalue weighted by molar-refractivity contribution is -0.384. The number of amides is 2. The second-order valence-electron chi connectivity index (χ2n) is 4.15. The Morgan fingerprint density at radius 3 is 2.60 bits per heavy atom. The zero-order valence-electron chi connectivity index (χ0n) is 11.4. The highest BCUT2D eigenvalue weighted by atomic mass is 16.6. The van der Waals surface area contributed by atoms with Crippen LogP contribution in [0.2, 0.25) is 0 Å². The fraction of sp³-hybridized carbons (Fsp3) is 0.462. The minimum Gasteiger partial charge on any atom is -0.380 e. The van der Waals surface area contributed by atoms with E-state index in [2.05, 4.69) is 17.6 Å². The molecular weight excluding hydrogens is 262 g/mol. The van der Waals surface area contributed by atoms with Gasteiger partial charge in [0.15, 0.2) is 0 Å². The van der Waals surface area contributed by atoms with Gasteiger partial charge in [-0.3, -0.25) is 10.1 Å². The molecule has 7 heteroatoms. The van der Waals surface area contributed by atoms with E-state index in [0.29, 0.717) is 25.4 Å². The third-order valence-corrected chi connectivity index (χ3v) is 2.51. The van der Waals surface area contributed by atoms with Crippen molar-refractivity contribution in [3.8, 4) is 0 Å². The van der Waals surface area contributed by atoms with E-state index in [1.807, 2.05) is 0 Å². The molecule has 0 spiro atoms. The number of ether oxygens (including phenoxy) is 1. The number of nitrogens with one attached hydrogen (secondary N) is 2. The first-order valence-corrected chi connectivity index (χ1v) is 6.50. The monoisotopic (exact) mass is 281 g/mol. The van der Waals surface area contributed by atoms with Gasteiger partial charge in [0.1, 0.15) is 0 Å². The van der Waals surface area contributed by atoms with Gasteiger partial charge < -0.3 is 15.4 Å². The Morgan fingerprint density at radius 1 is 1.30 bits per heavy atom. The normalized spacial score (nSPS) is 10.1. The number of carbonyl (C=O) groups excluding carboxylic acids is 1. The Kier molecular flexibility index (Phi) is 7.05. The van der Waals surface area contributed by atoms with Crippen molar-refractivity contribution in [3.63, 3.8) is 0 Å². The SMILES string of the molecule is CCCCOCCNC(=O)Nc1ccc([N+](=O)[O-])cc1. The van der Waals surface area contributed by atoms with Gasteiger partial charge in [-0.05, 0) is 18.6 Å². The minimum atomic E-state index is -0.489. The van der Waals surface area contributed by atoms with Crippen LogP contribution in [-0.2, 0) is 4.74 Å². The van der Waals surface area contributed by atoms with Crippen molar-refractivity contribution < 1.29 is 14.5 Å². The molecule has 2 N–H and O–H groups in total. The number of nitrogens with zero attached hydrogens (tertiary/aromatic N) is 1. The van der Waals surface area contributed by atoms with Crippen molar-refractivity contribution in [1.29, 1.82) is 0 Å². The molecule has 1 aromatic carbocycles. The summed E-state index contributed by atoms with van der Waals surface area (Å²) in [4.78, 5) is 21.5. The number of rotatable bonds is 8. The van der Waals surface area contributed by atoms with Crippen molar-refractivity contribution in [2.75, 3.05) is 25.1 Å². The molecule has 0 fully saturated rings. The van der Waals surface area contributed by atoms with Crippen LogP contribution in [-0.4, -0.2) is 30.7 Å². The molecule has 0 radical (unpaired) electrons. The standard InChI is InChI=1S/C13H19N3O4/c1-2-3-9-20-10-8-14-13(17)15-11-4-6-12(7-5-11)16(18)19/h4-7H,2-3,8-10H2,1H3,(H2,14,15,17). The average molecular weight is 281 g/mol. The van der Waals surface area contributed by atoms with Crippen LogP contribution < -0.4 is 10.6 Å². The maximum atomic E-state index is 11.5. The van der Waals surface area contributed by atoms with E-state index < -0.39 is 4.92 Å². The Balaban J connectivity index is 2.23. The predicted octanol–water partition coefficient (Wildman–Crippen LogP) is 2.53. The smallest absolute Gasteiger partial charge is 0.319 e. The van der Waals surface area contributed by atoms with Gasteiger partial charge in [-0.2, -0.15) is 0 Å². The second-order valence-corrected chi connectivity index (χ2v) is 4.15. The van der Waals surface area contributed by atoms with Crippen LogP contribution in [0, 0.1) is 10.1 Å². The van der Waals surface area contributed by atoms with E-state index in [-0.39, 0.29) is 11.7 Å². The fourth-order valence-electron chi connectivity index (χ4n) is 1.43. The molecule has 20 heavy (non-hydrogen) atoms. The number of anilines is 1. The van der Waals surface area contributed by atoms with Gasteiger partial charge in [-0.15, -0.1) is 0 Å². The molecule has 0 aromatic heterocycles. The molecule has 0 aliphatic carbocycles. The number of non-ortho nitro benzene ring substituents is 1. The van der Waals surface area contributed by atoms with Gasteiger partial charge in [0.05, 0.1) is 11.5 Å². The number of hydrogen-bond donors (Lipinski definition) is 2. The third kappa shape index (κ3) is 6.14. The van der Waals surface area contributed by atoms with Crippen LogP contribution in [0.1, 0.15) is 19.8 Å². The number of urea groups is 1. The van der Waals surface area contributed by atoms with E-state index in [1.54, 1.807) is 0 Å². The first kappa shape index (κ1) is 15.9. The molecule has 2 amide bonds. The van der Waals surface area contributed by atoms with E-state index in [1.165, 1.54) is 24.3 Å². The molecule has 0 heterocycles. The van der Waals surface area contributed by atoms with Crippen LogP contribution in [0.5, 0.6) is 0 Å². The molecule has 0 aliphatic heterocycles. The summed E-state index contributed by atoms with van der Waals surface area (Å²) in [6.45, 7) is 3.66. The summed E-state index contributed by atoms with van der Waals surface area (Å²) in [6.07, 6.45) is 2.09. The molecule has 7 nitrogen and oxygen atoms in total. The Bertz CT molecular complexity index is 434. The van der Waals surface area contributed by atoms with Gasteiger partial charge in [0.2, 0.25) is 0 Å². The summed E-state index contributed by atoms with van der Waals surface area (Å²) in [7, 11) is 0. The lowest BCUT2D eigenvalue weighted by atomic mass is 10.3. The van der Waals surface area contributed by atoms with E-state index in [9.17, 15) is 14.9 Å². The van der Waals surface area contributed by atoms with Gasteiger partial charge in [-0.1, -0.05) is 13.3 Å². The van der Waals surface area contributed by atoms with Crippen molar-refractivity contribution in [2.24, 2.45) is 0 Å². The maximum absolute atomic E-state index is 11.5. The lowest BCUT2D eigenvalue weighted by Gasteiger charge is -2.07. The zero-order valence-corrected chi connectivity index (χ0v) is 11.4. The van der Waals surface area contributed by atoms with Crippen molar-refractivity contribution in [3.05, 3.63) is 34.4 Å². The highest BCUT2D eigenvalue weighted by Crippen LogP contribution is 2.14. The quantitative estimate of drug-likeness (QED) is 0.435. The Labute approximate surface area is 117 Å². The minimum absolute atomic E-state index is 0.0136. The van der Waals surface area contributed by atoms with Crippen LogP contribution in [0.3, 0.4) is 0 Å². The molecule has 1 rings (SSSR count). The molecule has 0 atom stereocenters. The van der Waals surface area contributed by atoms with Crippen molar-refractivity contribution >= 4 is 17.4 Å². The summed E-state index contributed by atoms with van der Waals surface area (Å²) in [5.41, 5.74) is 0.486. The first-order valence-electron chi connectivity index (χ1n) is 6.50. The summed E-state index contributed by atoms with van der Waals surface area (Å²) in [5.74, 6) is 0. The lowest BCUT2D eigenvalue weighted by Crippen LogP contribution is -2.31. The topological polar surface area (TPSA) is 93.5 Å². The molecule has 0 unspecified atom stereocenters. The molecule has 0 saturated heterocycles. The molecule has 110 valence electrons. The van der Waals surface area contributed by atoms with Crippen LogP contribution in [0.4, 0.5) is 16.2 Å². The number of nitro benzene ring substituents is 1. The molecular formula is C13H19N3O4. The molecule has 0 saturated carbocycles. The van der Waals surface area contributed by atoms with Gasteiger partial charge in [0, 0.05) is 31.0 Å². The van der Waals surface area contributed by atoms with Gasteiger partial charge >= 0.3 is 6.03 Å². The van der Waals surface area contributed by atoms with E-state index in [4.69, 9.17) is 4.74 Å². The van der Waals surface area contributed by atoms with E-state index >= 15 is 0 Å². The fourth-order valence-corrected chi connectivity index (χ4v) is 1.43. The Morgan fingerprint density at radius 2 is 2.00 bits per heavy atom. The predicted molar refractivity (Wildman–Crippen MR) is 75.8 cm³/mol. The van der Waals surface area contributed by atoms with Gasteiger partial charge in [-0.25, -0.2) is 4.79 Å². The zero-order chi connectivity index (χ0) is 14.8. The first-order chi connectivity index (χ1) is 9.63. The summed E-state index contributed by atoms with van der Waals surface area (Å²) in [6, 6.07) is 5.27. The highest BCUT2D eigenvalue weighted by molar-refractivity contribution is 5.89. The van der Waals surface area contributed by atoms with E-state index in [0.717, 1.165) is 12.8 Å². The molecule has 1 aromatic rings. The third-order valence-electron chi connectivity index (χ3n) is 2.51. The molecule has 0 bridgehead atoms. The number of unbranched alkanes of at least 4 members (excludes halogenated alkanes) is 1. The molecule has 0 aliphatic rings. The maximum Gasteiger partial charge on any atom is 0.319 e. The summed E-state index contributed by atoms with van der Waals surface area (Å²) < 4.78 is 5.30. The number of carbonyl (C=O) groups is 1. The van der Waals surface area contributed by atoms with Crippen LogP contribution >= 0.6 is 0 Å². The number of benzene rings is 1. The summed E-state index contributed by atoms with van der Waals surface area (Å²) in [5, 5.41) is 15.7. The van der Waals surface area contributed by atoms with Crippen molar-refractivity contribution in [2.45, 2.75) is 19.8 Å². The second kappa shape index (κ2) is 8.87. The Hall–Kier alpha value is -2.15. The average Bonchev–Trinajstić information content (AvgIpc) is 2.43. The van der Waals surface area contributed by atoms with Crippen LogP contribution in [0.25, 0.3) is 0 Å². The van der Waals surface area contributed by atoms with Gasteiger partial charge in [0.25, 0.3) is 5.69 Å². The number of hydrogen-bond acceptors (Lipinski definition) is 4. The van der Waals surface area contributed by atoms with Crippen molar-refractivity contribution in [1.82, 2.24) is 5.32 Å². The summed E-state index contributed by atoms with van der Waals surface area (Å²) >= 11 is 0. The number of nitro groups is 1. The largest absolute Gasteiger partial charge is 0.380 e. The van der Waals surface area contributed by atoms with Crippen LogP contribution in [0.15, 0.2) is 24.3 Å². The highest BCUT2D eigenvalue weighted by Gasteiger charge is 2.05.